The minimum Gasteiger partial charge on any atom is -0.394 e. The van der Waals surface area contributed by atoms with Gasteiger partial charge in [-0.15, -0.1) is 0 Å². The largest absolute Gasteiger partial charge is 0.394 e. The van der Waals surface area contributed by atoms with Gasteiger partial charge in [-0.05, 0) is 38.5 Å². The Morgan fingerprint density at radius 2 is 0.641 bits per heavy atom. The van der Waals surface area contributed by atoms with Crippen molar-refractivity contribution in [2.45, 2.75) is 346 Å². The van der Waals surface area contributed by atoms with Gasteiger partial charge in [0.1, 0.15) is 12.2 Å². The first kappa shape index (κ1) is 63.0. The van der Waals surface area contributed by atoms with Crippen molar-refractivity contribution in [2.75, 3.05) is 6.61 Å². The molecule has 6 nitrogen and oxygen atoms in total. The molecule has 0 rings (SSSR count). The van der Waals surface area contributed by atoms with Crippen LogP contribution in [0.3, 0.4) is 0 Å². The third-order valence-electron chi connectivity index (χ3n) is 14.0. The Bertz CT molecular complexity index is 928. The molecule has 4 unspecified atom stereocenters. The summed E-state index contributed by atoms with van der Waals surface area (Å²) in [6.07, 6.45) is 62.9. The zero-order valence-electron chi connectivity index (χ0n) is 43.3. The molecule has 0 spiro atoms. The maximum atomic E-state index is 12.6. The standard InChI is InChI=1S/C58H115NO5/c1-3-5-7-9-11-13-15-17-19-21-23-25-27-29-31-33-35-37-39-41-43-45-47-49-51-55(61)57(63)54(53-60)59-58(64)56(62)52-50-48-46-44-42-40-38-36-34-32-30-28-26-24-22-20-18-16-14-12-10-8-6-4-2/h43,45,54-57,60-63H,3-42,44,46-53H2,1-2H3,(H,59,64)/b45-43+. The van der Waals surface area contributed by atoms with E-state index < -0.39 is 36.9 Å². The first-order valence-electron chi connectivity index (χ1n) is 29.1. The molecule has 0 saturated heterocycles. The van der Waals surface area contributed by atoms with Gasteiger partial charge in [0, 0.05) is 0 Å². The second kappa shape index (κ2) is 53.0. The SMILES string of the molecule is CCCCCCCCCCCCCCCCCCCCC/C=C/CCCC(O)C(O)C(CO)NC(=O)C(O)CCCCCCCCCCCCCCCCCCCCCCCCCC. The van der Waals surface area contributed by atoms with Crippen LogP contribution in [-0.2, 0) is 4.79 Å². The van der Waals surface area contributed by atoms with Gasteiger partial charge in [0.2, 0.25) is 5.91 Å². The van der Waals surface area contributed by atoms with Gasteiger partial charge in [-0.25, -0.2) is 0 Å². The van der Waals surface area contributed by atoms with E-state index in [2.05, 4.69) is 31.3 Å². The molecule has 0 aliphatic rings. The second-order valence-electron chi connectivity index (χ2n) is 20.3. The van der Waals surface area contributed by atoms with Crippen LogP contribution in [0.5, 0.6) is 0 Å². The number of allylic oxidation sites excluding steroid dienone is 2. The van der Waals surface area contributed by atoms with E-state index in [1.165, 1.54) is 257 Å². The molecule has 0 heterocycles. The average Bonchev–Trinajstić information content (AvgIpc) is 3.30. The van der Waals surface area contributed by atoms with E-state index in [0.717, 1.165) is 38.5 Å². The van der Waals surface area contributed by atoms with E-state index >= 15 is 0 Å². The number of hydrogen-bond donors (Lipinski definition) is 5. The lowest BCUT2D eigenvalue weighted by molar-refractivity contribution is -0.132. The fraction of sp³-hybridized carbons (Fsp3) is 0.948. The monoisotopic (exact) mass is 906 g/mol. The Labute approximate surface area is 400 Å². The van der Waals surface area contributed by atoms with E-state index in [0.29, 0.717) is 12.8 Å². The zero-order chi connectivity index (χ0) is 46.7. The number of nitrogens with one attached hydrogen (secondary N) is 1. The maximum Gasteiger partial charge on any atom is 0.249 e. The van der Waals surface area contributed by atoms with E-state index in [9.17, 15) is 25.2 Å². The van der Waals surface area contributed by atoms with Gasteiger partial charge in [0.25, 0.3) is 0 Å². The van der Waals surface area contributed by atoms with Crippen LogP contribution in [0.4, 0.5) is 0 Å². The van der Waals surface area contributed by atoms with E-state index in [-0.39, 0.29) is 0 Å². The van der Waals surface area contributed by atoms with Crippen molar-refractivity contribution in [3.05, 3.63) is 12.2 Å². The summed E-state index contributed by atoms with van der Waals surface area (Å²) >= 11 is 0. The van der Waals surface area contributed by atoms with Crippen molar-refractivity contribution in [3.8, 4) is 0 Å². The highest BCUT2D eigenvalue weighted by molar-refractivity contribution is 5.80. The van der Waals surface area contributed by atoms with Crippen LogP contribution in [0.15, 0.2) is 12.2 Å². The van der Waals surface area contributed by atoms with Gasteiger partial charge in [-0.1, -0.05) is 296 Å². The van der Waals surface area contributed by atoms with Crippen molar-refractivity contribution in [1.82, 2.24) is 5.32 Å². The molecule has 0 aliphatic carbocycles. The van der Waals surface area contributed by atoms with Crippen molar-refractivity contribution in [3.63, 3.8) is 0 Å². The molecule has 5 N–H and O–H groups in total. The van der Waals surface area contributed by atoms with Crippen molar-refractivity contribution in [1.29, 1.82) is 0 Å². The zero-order valence-corrected chi connectivity index (χ0v) is 43.3. The number of rotatable bonds is 54. The molecule has 0 bridgehead atoms. The summed E-state index contributed by atoms with van der Waals surface area (Å²) in [5.74, 6) is -0.586. The average molecular weight is 907 g/mol. The molecule has 382 valence electrons. The Kier molecular flexibility index (Phi) is 52.2. The van der Waals surface area contributed by atoms with Crippen LogP contribution in [0.25, 0.3) is 0 Å². The number of hydrogen-bond acceptors (Lipinski definition) is 5. The quantitative estimate of drug-likeness (QED) is 0.0308. The smallest absolute Gasteiger partial charge is 0.249 e. The molecule has 0 radical (unpaired) electrons. The molecule has 0 saturated carbocycles. The predicted molar refractivity (Wildman–Crippen MR) is 279 cm³/mol. The highest BCUT2D eigenvalue weighted by Crippen LogP contribution is 2.18. The van der Waals surface area contributed by atoms with Gasteiger partial charge in [-0.2, -0.15) is 0 Å². The maximum absolute atomic E-state index is 12.6. The van der Waals surface area contributed by atoms with Gasteiger partial charge in [0.05, 0.1) is 18.8 Å². The number of amides is 1. The highest BCUT2D eigenvalue weighted by Gasteiger charge is 2.28. The Balaban J connectivity index is 3.62. The number of unbranched alkanes of at least 4 members (excludes halogenated alkanes) is 43. The van der Waals surface area contributed by atoms with Crippen LogP contribution in [0.2, 0.25) is 0 Å². The molecule has 0 fully saturated rings. The first-order valence-corrected chi connectivity index (χ1v) is 29.1. The van der Waals surface area contributed by atoms with Crippen molar-refractivity contribution in [2.24, 2.45) is 0 Å². The lowest BCUT2D eigenvalue weighted by Crippen LogP contribution is -2.53. The number of carbonyl (C=O) groups is 1. The third kappa shape index (κ3) is 46.2. The van der Waals surface area contributed by atoms with Crippen LogP contribution >= 0.6 is 0 Å². The summed E-state index contributed by atoms with van der Waals surface area (Å²) in [5.41, 5.74) is 0. The van der Waals surface area contributed by atoms with Gasteiger partial charge in [0.15, 0.2) is 0 Å². The minimum absolute atomic E-state index is 0.369. The molecule has 0 aliphatic heterocycles. The summed E-state index contributed by atoms with van der Waals surface area (Å²) in [6.45, 7) is 4.09. The molecule has 1 amide bonds. The minimum atomic E-state index is -1.28. The normalized spacial score (nSPS) is 13.8. The number of aliphatic hydroxyl groups is 4. The fourth-order valence-corrected chi connectivity index (χ4v) is 9.41. The van der Waals surface area contributed by atoms with Crippen LogP contribution < -0.4 is 5.32 Å². The molecular weight excluding hydrogens is 791 g/mol. The number of carbonyl (C=O) groups excluding carboxylic acids is 1. The molecule has 0 aromatic heterocycles. The fourth-order valence-electron chi connectivity index (χ4n) is 9.41. The molecular formula is C58H115NO5. The van der Waals surface area contributed by atoms with Crippen LogP contribution in [0, 0.1) is 0 Å². The van der Waals surface area contributed by atoms with Crippen LogP contribution in [0.1, 0.15) is 322 Å². The molecule has 64 heavy (non-hydrogen) atoms. The number of aliphatic hydroxyl groups excluding tert-OH is 4. The first-order chi connectivity index (χ1) is 31.5. The van der Waals surface area contributed by atoms with Crippen molar-refractivity contribution >= 4 is 5.91 Å². The third-order valence-corrected chi connectivity index (χ3v) is 14.0. The summed E-state index contributed by atoms with van der Waals surface area (Å²) in [4.78, 5) is 12.6. The lowest BCUT2D eigenvalue weighted by atomic mass is 10.00. The summed E-state index contributed by atoms with van der Waals surface area (Å²) in [5, 5.41) is 44.0. The van der Waals surface area contributed by atoms with Gasteiger partial charge >= 0.3 is 0 Å². The molecule has 6 heteroatoms. The summed E-state index contributed by atoms with van der Waals surface area (Å²) < 4.78 is 0. The topological polar surface area (TPSA) is 110 Å². The van der Waals surface area contributed by atoms with Crippen LogP contribution in [-0.4, -0.2) is 57.3 Å². The van der Waals surface area contributed by atoms with E-state index in [4.69, 9.17) is 0 Å². The Hall–Kier alpha value is -0.950. The molecule has 0 aromatic carbocycles. The lowest BCUT2D eigenvalue weighted by Gasteiger charge is -2.27. The second-order valence-corrected chi connectivity index (χ2v) is 20.3. The van der Waals surface area contributed by atoms with E-state index in [1.54, 1.807) is 0 Å². The predicted octanol–water partition coefficient (Wildman–Crippen LogP) is 16.9. The van der Waals surface area contributed by atoms with Crippen molar-refractivity contribution < 1.29 is 25.2 Å². The Morgan fingerprint density at radius 1 is 0.375 bits per heavy atom. The van der Waals surface area contributed by atoms with E-state index in [1.807, 2.05) is 0 Å². The van der Waals surface area contributed by atoms with Gasteiger partial charge in [-0.3, -0.25) is 4.79 Å². The van der Waals surface area contributed by atoms with Gasteiger partial charge < -0.3 is 25.7 Å². The Morgan fingerprint density at radius 3 is 0.938 bits per heavy atom. The summed E-state index contributed by atoms with van der Waals surface area (Å²) in [7, 11) is 0. The molecule has 4 atom stereocenters. The molecule has 0 aromatic rings. The summed E-state index contributed by atoms with van der Waals surface area (Å²) in [6, 6.07) is -0.999. The highest BCUT2D eigenvalue weighted by atomic mass is 16.3.